The lowest BCUT2D eigenvalue weighted by Gasteiger charge is -2.26. The second-order valence-electron chi connectivity index (χ2n) is 4.71. The minimum absolute atomic E-state index is 0.596. The van der Waals surface area contributed by atoms with Gasteiger partial charge in [0.25, 0.3) is 0 Å². The van der Waals surface area contributed by atoms with E-state index in [1.54, 1.807) is 0 Å². The van der Waals surface area contributed by atoms with Gasteiger partial charge in [-0.1, -0.05) is 25.1 Å². The molecule has 1 fully saturated rings. The molecule has 0 radical (unpaired) electrons. The van der Waals surface area contributed by atoms with E-state index in [0.29, 0.717) is 12.1 Å². The summed E-state index contributed by atoms with van der Waals surface area (Å²) in [7, 11) is 0. The smallest absolute Gasteiger partial charge is 0.157 e. The molecule has 1 N–H and O–H groups in total. The van der Waals surface area contributed by atoms with Gasteiger partial charge in [-0.3, -0.25) is 4.99 Å². The fourth-order valence-electron chi connectivity index (χ4n) is 2.47. The number of thioether (sulfide) groups is 2. The number of nitrogens with zero attached hydrogens (tertiary/aromatic N) is 1. The highest BCUT2D eigenvalue weighted by atomic mass is 32.2. The van der Waals surface area contributed by atoms with Crippen molar-refractivity contribution in [3.63, 3.8) is 0 Å². The zero-order chi connectivity index (χ0) is 11.4. The SMILES string of the molecule is CCC(CSC)NC1=NC2CCCC2CS1. The highest BCUT2D eigenvalue weighted by molar-refractivity contribution is 8.13. The molecule has 92 valence electrons. The number of nitrogens with one attached hydrogen (secondary N) is 1. The lowest BCUT2D eigenvalue weighted by molar-refractivity contribution is 0.529. The van der Waals surface area contributed by atoms with Crippen LogP contribution >= 0.6 is 23.5 Å². The van der Waals surface area contributed by atoms with Crippen LogP contribution in [0.15, 0.2) is 4.99 Å². The molecule has 2 rings (SSSR count). The third-order valence-electron chi connectivity index (χ3n) is 3.52. The molecule has 2 aliphatic rings. The van der Waals surface area contributed by atoms with E-state index >= 15 is 0 Å². The van der Waals surface area contributed by atoms with Gasteiger partial charge in [-0.15, -0.1) is 0 Å². The molecule has 2 nitrogen and oxygen atoms in total. The zero-order valence-corrected chi connectivity index (χ0v) is 11.9. The quantitative estimate of drug-likeness (QED) is 0.839. The normalized spacial score (nSPS) is 30.8. The van der Waals surface area contributed by atoms with Gasteiger partial charge in [-0.05, 0) is 31.4 Å². The number of aliphatic imine (C=N–C) groups is 1. The van der Waals surface area contributed by atoms with E-state index in [4.69, 9.17) is 4.99 Å². The zero-order valence-electron chi connectivity index (χ0n) is 10.2. The van der Waals surface area contributed by atoms with E-state index < -0.39 is 0 Å². The van der Waals surface area contributed by atoms with Crippen LogP contribution < -0.4 is 5.32 Å². The highest BCUT2D eigenvalue weighted by Gasteiger charge is 2.31. The summed E-state index contributed by atoms with van der Waals surface area (Å²) in [4.78, 5) is 4.87. The second-order valence-corrected chi connectivity index (χ2v) is 6.63. The maximum absolute atomic E-state index is 4.87. The van der Waals surface area contributed by atoms with Crippen LogP contribution in [0.1, 0.15) is 32.6 Å². The molecule has 1 saturated carbocycles. The summed E-state index contributed by atoms with van der Waals surface area (Å²) in [5.41, 5.74) is 0. The Morgan fingerprint density at radius 1 is 1.56 bits per heavy atom. The summed E-state index contributed by atoms with van der Waals surface area (Å²) in [6.45, 7) is 2.25. The lowest BCUT2D eigenvalue weighted by atomic mass is 10.1. The van der Waals surface area contributed by atoms with Crippen molar-refractivity contribution >= 4 is 28.7 Å². The number of hydrogen-bond acceptors (Lipinski definition) is 4. The maximum atomic E-state index is 4.87. The molecule has 1 heterocycles. The molecule has 0 aromatic carbocycles. The van der Waals surface area contributed by atoms with Crippen LogP contribution in [-0.2, 0) is 0 Å². The first-order chi connectivity index (χ1) is 7.83. The predicted octanol–water partition coefficient (Wildman–Crippen LogP) is 2.99. The molecule has 0 bridgehead atoms. The van der Waals surface area contributed by atoms with Crippen LogP contribution in [0.3, 0.4) is 0 Å². The van der Waals surface area contributed by atoms with Crippen molar-refractivity contribution in [3.05, 3.63) is 0 Å². The average molecular weight is 258 g/mol. The van der Waals surface area contributed by atoms with Crippen LogP contribution in [0.25, 0.3) is 0 Å². The standard InChI is InChI=1S/C12H22N2S2/c1-3-10(8-15-2)13-12-14-11-6-4-5-9(11)7-16-12/h9-11H,3-8H2,1-2H3,(H,13,14). The minimum atomic E-state index is 0.596. The summed E-state index contributed by atoms with van der Waals surface area (Å²) in [5, 5.41) is 4.82. The largest absolute Gasteiger partial charge is 0.361 e. The van der Waals surface area contributed by atoms with E-state index in [9.17, 15) is 0 Å². The van der Waals surface area contributed by atoms with Crippen molar-refractivity contribution in [1.29, 1.82) is 0 Å². The fraction of sp³-hybridized carbons (Fsp3) is 0.917. The first-order valence-electron chi connectivity index (χ1n) is 6.29. The van der Waals surface area contributed by atoms with Crippen LogP contribution in [0.2, 0.25) is 0 Å². The van der Waals surface area contributed by atoms with Gasteiger partial charge in [-0.25, -0.2) is 0 Å². The van der Waals surface area contributed by atoms with Gasteiger partial charge in [0, 0.05) is 17.5 Å². The fourth-order valence-corrected chi connectivity index (χ4v) is 4.41. The molecule has 3 atom stereocenters. The Balaban J connectivity index is 1.89. The first kappa shape index (κ1) is 12.6. The second kappa shape index (κ2) is 6.20. The number of amidine groups is 1. The summed E-state index contributed by atoms with van der Waals surface area (Å²) in [5.74, 6) is 3.34. The number of hydrogen-bond donors (Lipinski definition) is 1. The van der Waals surface area contributed by atoms with E-state index in [-0.39, 0.29) is 0 Å². The molecule has 0 aromatic rings. The molecule has 0 spiro atoms. The average Bonchev–Trinajstić information content (AvgIpc) is 2.75. The van der Waals surface area contributed by atoms with Crippen molar-refractivity contribution in [2.75, 3.05) is 17.8 Å². The third-order valence-corrected chi connectivity index (χ3v) is 5.35. The topological polar surface area (TPSA) is 24.4 Å². The Bertz CT molecular complexity index is 255. The summed E-state index contributed by atoms with van der Waals surface area (Å²) < 4.78 is 0. The van der Waals surface area contributed by atoms with Gasteiger partial charge >= 0.3 is 0 Å². The molecule has 1 aliphatic carbocycles. The Morgan fingerprint density at radius 3 is 3.19 bits per heavy atom. The van der Waals surface area contributed by atoms with E-state index in [0.717, 1.165) is 5.92 Å². The molecule has 4 heteroatoms. The van der Waals surface area contributed by atoms with Gasteiger partial charge in [0.15, 0.2) is 5.17 Å². The van der Waals surface area contributed by atoms with Crippen molar-refractivity contribution in [1.82, 2.24) is 5.32 Å². The van der Waals surface area contributed by atoms with Crippen molar-refractivity contribution in [2.45, 2.75) is 44.7 Å². The highest BCUT2D eigenvalue weighted by Crippen LogP contribution is 2.35. The molecule has 0 aromatic heterocycles. The van der Waals surface area contributed by atoms with Crippen LogP contribution in [0.4, 0.5) is 0 Å². The Hall–Kier alpha value is 0.170. The Morgan fingerprint density at radius 2 is 2.44 bits per heavy atom. The number of fused-ring (bicyclic) bond motifs is 1. The van der Waals surface area contributed by atoms with Crippen molar-refractivity contribution < 1.29 is 0 Å². The minimum Gasteiger partial charge on any atom is -0.361 e. The summed E-state index contributed by atoms with van der Waals surface area (Å²) >= 11 is 3.85. The maximum Gasteiger partial charge on any atom is 0.157 e. The van der Waals surface area contributed by atoms with Gasteiger partial charge in [0.2, 0.25) is 0 Å². The third kappa shape index (κ3) is 3.10. The van der Waals surface area contributed by atoms with Crippen molar-refractivity contribution in [2.24, 2.45) is 10.9 Å². The molecular weight excluding hydrogens is 236 g/mol. The van der Waals surface area contributed by atoms with E-state index in [1.165, 1.54) is 42.4 Å². The van der Waals surface area contributed by atoms with Gasteiger partial charge in [0.05, 0.1) is 6.04 Å². The first-order valence-corrected chi connectivity index (χ1v) is 8.67. The molecule has 3 unspecified atom stereocenters. The van der Waals surface area contributed by atoms with Crippen molar-refractivity contribution in [3.8, 4) is 0 Å². The molecule has 16 heavy (non-hydrogen) atoms. The van der Waals surface area contributed by atoms with Crippen LogP contribution in [0.5, 0.6) is 0 Å². The molecule has 0 saturated heterocycles. The summed E-state index contributed by atoms with van der Waals surface area (Å²) in [6.07, 6.45) is 7.46. The molecule has 0 amide bonds. The lowest BCUT2D eigenvalue weighted by Crippen LogP contribution is -2.38. The van der Waals surface area contributed by atoms with E-state index in [2.05, 4.69) is 18.5 Å². The van der Waals surface area contributed by atoms with Gasteiger partial charge < -0.3 is 5.32 Å². The van der Waals surface area contributed by atoms with Crippen LogP contribution in [0, 0.1) is 5.92 Å². The van der Waals surface area contributed by atoms with Gasteiger partial charge in [0.1, 0.15) is 0 Å². The van der Waals surface area contributed by atoms with Crippen LogP contribution in [-0.4, -0.2) is 35.0 Å². The molecule has 1 aliphatic heterocycles. The summed E-state index contributed by atoms with van der Waals surface area (Å²) in [6, 6.07) is 1.23. The Kier molecular flexibility index (Phi) is 4.89. The van der Waals surface area contributed by atoms with E-state index in [1.807, 2.05) is 23.5 Å². The Labute approximate surface area is 107 Å². The van der Waals surface area contributed by atoms with Gasteiger partial charge in [-0.2, -0.15) is 11.8 Å². The monoisotopic (exact) mass is 258 g/mol. The predicted molar refractivity (Wildman–Crippen MR) is 76.6 cm³/mol. The number of rotatable bonds is 4. The molecular formula is C12H22N2S2.